The van der Waals surface area contributed by atoms with Gasteiger partial charge in [-0.1, -0.05) is 12.2 Å². The van der Waals surface area contributed by atoms with Gasteiger partial charge in [-0.25, -0.2) is 18.5 Å². The topological polar surface area (TPSA) is 247 Å². The number of aliphatic hydroxyl groups is 2. The van der Waals surface area contributed by atoms with Gasteiger partial charge in [-0.3, -0.25) is 14.1 Å². The molecule has 167 valence electrons. The number of phosphoric ester groups is 1. The third-order valence-electron chi connectivity index (χ3n) is 3.28. The van der Waals surface area contributed by atoms with Gasteiger partial charge in [-0.15, -0.1) is 0 Å². The number of hydrogen-bond acceptors (Lipinski definition) is 11. The first-order valence-corrected chi connectivity index (χ1v) is 12.1. The number of nitrogens with one attached hydrogen (secondary N) is 1. The number of rotatable bonds is 8. The van der Waals surface area contributed by atoms with Crippen molar-refractivity contribution >= 4 is 65.2 Å². The minimum absolute atomic E-state index is 0. The van der Waals surface area contributed by atoms with Crippen LogP contribution in [0.4, 0.5) is 0 Å². The Morgan fingerprint density at radius 3 is 2.23 bits per heavy atom. The number of H-pyrrole nitrogens is 1. The molecule has 0 aliphatic carbocycles. The van der Waals surface area contributed by atoms with Gasteiger partial charge in [-0.05, 0) is 6.07 Å². The van der Waals surface area contributed by atoms with E-state index < -0.39 is 60.3 Å². The molecule has 0 amide bonds. The summed E-state index contributed by atoms with van der Waals surface area (Å²) in [6.07, 6.45) is -5.23. The van der Waals surface area contributed by atoms with Crippen LogP contribution in [0.1, 0.15) is 6.23 Å². The van der Waals surface area contributed by atoms with Gasteiger partial charge in [0.05, 0.1) is 6.61 Å². The summed E-state index contributed by atoms with van der Waals surface area (Å²) in [6, 6.07) is 1.29. The monoisotopic (exact) mass is 523 g/mol. The Kier molecular flexibility index (Phi) is 9.99. The molecule has 2 rings (SSSR count). The summed E-state index contributed by atoms with van der Waals surface area (Å²) in [6.45, 7) is -1.00. The van der Waals surface area contributed by atoms with E-state index in [-0.39, 0.29) is 34.2 Å². The third kappa shape index (κ3) is 8.06. The Bertz CT molecular complexity index is 1010. The molecule has 1 radical (unpaired) electrons. The van der Waals surface area contributed by atoms with E-state index in [1.807, 2.05) is 0 Å². The largest absolute Gasteiger partial charge is 0.490 e. The van der Waals surface area contributed by atoms with Crippen LogP contribution in [0.3, 0.4) is 0 Å². The molecule has 1 saturated heterocycles. The molecule has 1 fully saturated rings. The number of nitrogens with zero attached hydrogens (tertiary/aromatic N) is 1. The summed E-state index contributed by atoms with van der Waals surface area (Å²) in [7, 11) is -16.7. The van der Waals surface area contributed by atoms with E-state index in [4.69, 9.17) is 31.6 Å². The molecule has 7 N–H and O–H groups in total. The Morgan fingerprint density at radius 1 is 1.10 bits per heavy atom. The van der Waals surface area contributed by atoms with Crippen LogP contribution >= 0.6 is 35.7 Å². The number of aromatic amines is 1. The van der Waals surface area contributed by atoms with Crippen molar-refractivity contribution in [3.8, 4) is 0 Å². The van der Waals surface area contributed by atoms with Crippen molar-refractivity contribution < 1.29 is 61.4 Å². The maximum absolute atomic E-state index is 11.9. The van der Waals surface area contributed by atoms with E-state index in [1.54, 1.807) is 0 Å². The minimum atomic E-state index is -5.71. The Labute approximate surface area is 194 Å². The molecule has 2 heterocycles. The van der Waals surface area contributed by atoms with Crippen LogP contribution in [0.2, 0.25) is 0 Å². The van der Waals surface area contributed by atoms with E-state index in [0.29, 0.717) is 0 Å². The summed E-state index contributed by atoms with van der Waals surface area (Å²) in [5.74, 6) is 0. The van der Waals surface area contributed by atoms with Gasteiger partial charge in [-0.2, -0.15) is 8.62 Å². The van der Waals surface area contributed by atoms with Crippen molar-refractivity contribution in [2.75, 3.05) is 6.61 Å². The molecule has 0 aromatic carbocycles. The fourth-order valence-corrected chi connectivity index (χ4v) is 5.37. The zero-order valence-corrected chi connectivity index (χ0v) is 20.3. The summed E-state index contributed by atoms with van der Waals surface area (Å²) in [4.78, 5) is 49.4. The second kappa shape index (κ2) is 10.5. The normalized spacial score (nSPS) is 28.3. The molecule has 0 spiro atoms. The van der Waals surface area contributed by atoms with Crippen molar-refractivity contribution in [2.45, 2.75) is 24.5 Å². The maximum Gasteiger partial charge on any atom is 0.490 e. The van der Waals surface area contributed by atoms with Crippen LogP contribution < -0.4 is 5.69 Å². The molecule has 1 aromatic heterocycles. The number of aliphatic hydroxyl groups excluding tert-OH is 2. The maximum atomic E-state index is 11.9. The first-order valence-electron chi connectivity index (χ1n) is 7.22. The van der Waals surface area contributed by atoms with Gasteiger partial charge >= 0.3 is 29.2 Å². The summed E-state index contributed by atoms with van der Waals surface area (Å²) < 4.78 is 51.0. The fraction of sp³-hybridized carbons (Fsp3) is 0.556. The van der Waals surface area contributed by atoms with Crippen LogP contribution in [-0.2, 0) is 31.6 Å². The SMILES string of the molecule is O=c1[nH]c(=S)ccn1[C@@H]1O[C@H](COP(=O)(O)OP(=O)(O)OP(=O)(O)O)[C@@H](O)[C@H]1O.[Na]. The zero-order chi connectivity index (χ0) is 22.2. The first-order chi connectivity index (χ1) is 13.1. The minimum Gasteiger partial charge on any atom is -0.387 e. The van der Waals surface area contributed by atoms with Crippen LogP contribution in [-0.4, -0.2) is 93.8 Å². The molecule has 1 aromatic rings. The van der Waals surface area contributed by atoms with Crippen molar-refractivity contribution in [3.63, 3.8) is 0 Å². The number of hydrogen-bond donors (Lipinski definition) is 7. The van der Waals surface area contributed by atoms with Crippen LogP contribution in [0, 0.1) is 4.64 Å². The van der Waals surface area contributed by atoms with E-state index >= 15 is 0 Å². The number of ether oxygens (including phenoxy) is 1. The molecule has 1 aliphatic heterocycles. The van der Waals surface area contributed by atoms with Gasteiger partial charge in [0.1, 0.15) is 23.0 Å². The molecule has 21 heteroatoms. The zero-order valence-electron chi connectivity index (χ0n) is 14.8. The van der Waals surface area contributed by atoms with E-state index in [9.17, 15) is 33.6 Å². The predicted octanol–water partition coefficient (Wildman–Crippen LogP) is -1.51. The average molecular weight is 523 g/mol. The summed E-state index contributed by atoms with van der Waals surface area (Å²) >= 11 is 4.75. The van der Waals surface area contributed by atoms with E-state index in [2.05, 4.69) is 18.1 Å². The summed E-state index contributed by atoms with van der Waals surface area (Å²) in [5.41, 5.74) is -0.790. The average Bonchev–Trinajstić information content (AvgIpc) is 2.78. The van der Waals surface area contributed by atoms with E-state index in [0.717, 1.165) is 10.8 Å². The fourth-order valence-electron chi connectivity index (χ4n) is 2.20. The third-order valence-corrected chi connectivity index (χ3v) is 7.32. The van der Waals surface area contributed by atoms with Crippen molar-refractivity contribution in [1.29, 1.82) is 0 Å². The Balaban J connectivity index is 0.00000450. The Morgan fingerprint density at radius 2 is 1.70 bits per heavy atom. The summed E-state index contributed by atoms with van der Waals surface area (Å²) in [5, 5.41) is 20.0. The van der Waals surface area contributed by atoms with Crippen molar-refractivity contribution in [3.05, 3.63) is 27.4 Å². The smallest absolute Gasteiger partial charge is 0.387 e. The van der Waals surface area contributed by atoms with E-state index in [1.165, 1.54) is 6.07 Å². The van der Waals surface area contributed by atoms with Crippen LogP contribution in [0.25, 0.3) is 0 Å². The molecule has 0 saturated carbocycles. The molecule has 0 bridgehead atoms. The van der Waals surface area contributed by atoms with Gasteiger partial charge in [0.25, 0.3) is 0 Å². The second-order valence-corrected chi connectivity index (χ2v) is 10.3. The van der Waals surface area contributed by atoms with Gasteiger partial charge in [0.15, 0.2) is 6.23 Å². The van der Waals surface area contributed by atoms with Gasteiger partial charge in [0, 0.05) is 35.8 Å². The number of phosphoric acid groups is 3. The Hall–Kier alpha value is 0.390. The van der Waals surface area contributed by atoms with Gasteiger partial charge < -0.3 is 34.5 Å². The molecular weight excluding hydrogens is 508 g/mol. The number of aromatic nitrogens is 2. The standard InChI is InChI=1S/C9H15N2O14P3S.Na/c12-6-4(3-22-27(18,19)25-28(20,21)24-26(15,16)17)23-8(7(6)13)11-2-1-5(29)10-9(11)14;/h1-2,4,6-8,12-13H,3H2,(H,18,19)(H,20,21)(H,10,14,29)(H2,15,16,17);/t4-,6-,7-,8-;/m1./s1. The van der Waals surface area contributed by atoms with Crippen LogP contribution in [0.5, 0.6) is 0 Å². The first kappa shape index (κ1) is 28.4. The molecule has 1 aliphatic rings. The van der Waals surface area contributed by atoms with Crippen molar-refractivity contribution in [2.24, 2.45) is 0 Å². The molecule has 16 nitrogen and oxygen atoms in total. The second-order valence-electron chi connectivity index (χ2n) is 5.45. The molecule has 6 atom stereocenters. The van der Waals surface area contributed by atoms with Crippen LogP contribution in [0.15, 0.2) is 17.1 Å². The molecular formula is C9H15N2NaO14P3S. The predicted molar refractivity (Wildman–Crippen MR) is 97.4 cm³/mol. The molecule has 30 heavy (non-hydrogen) atoms. The quantitative estimate of drug-likeness (QED) is 0.116. The van der Waals surface area contributed by atoms with Crippen molar-refractivity contribution in [1.82, 2.24) is 9.55 Å². The van der Waals surface area contributed by atoms with Gasteiger partial charge in [0.2, 0.25) is 0 Å². The molecule has 2 unspecified atom stereocenters.